The van der Waals surface area contributed by atoms with Crippen LogP contribution in [0.2, 0.25) is 0 Å². The second-order valence-electron chi connectivity index (χ2n) is 8.13. The van der Waals surface area contributed by atoms with Crippen molar-refractivity contribution in [3.8, 4) is 16.3 Å². The molecule has 1 N–H and O–H groups in total. The molecule has 1 saturated heterocycles. The van der Waals surface area contributed by atoms with Crippen LogP contribution in [0.3, 0.4) is 0 Å². The van der Waals surface area contributed by atoms with Gasteiger partial charge < -0.3 is 19.6 Å². The molecule has 1 aromatic heterocycles. The van der Waals surface area contributed by atoms with E-state index in [1.54, 1.807) is 30.6 Å². The van der Waals surface area contributed by atoms with Gasteiger partial charge in [0.1, 0.15) is 23.2 Å². The van der Waals surface area contributed by atoms with Crippen molar-refractivity contribution in [3.63, 3.8) is 0 Å². The Bertz CT molecular complexity index is 1240. The molecule has 170 valence electrons. The largest absolute Gasteiger partial charge is 0.496 e. The Balaban J connectivity index is 1.47. The first-order valence-electron chi connectivity index (χ1n) is 10.8. The molecule has 3 heterocycles. The van der Waals surface area contributed by atoms with Gasteiger partial charge in [0.15, 0.2) is 5.84 Å². The summed E-state index contributed by atoms with van der Waals surface area (Å²) in [6.07, 6.45) is 3.79. The van der Waals surface area contributed by atoms with Crippen molar-refractivity contribution in [3.05, 3.63) is 76.1 Å². The number of ether oxygens (including phenoxy) is 1. The molecule has 0 spiro atoms. The van der Waals surface area contributed by atoms with Gasteiger partial charge in [-0.1, -0.05) is 11.2 Å². The molecule has 2 aliphatic rings. The number of fused-ring (bicyclic) bond motifs is 1. The van der Waals surface area contributed by atoms with Crippen LogP contribution in [0.15, 0.2) is 58.6 Å². The number of benzene rings is 2. The van der Waals surface area contributed by atoms with E-state index in [9.17, 15) is 9.50 Å². The minimum atomic E-state index is -1.15. The van der Waals surface area contributed by atoms with Crippen molar-refractivity contribution in [2.24, 2.45) is 5.16 Å². The highest BCUT2D eigenvalue weighted by Crippen LogP contribution is 2.40. The maximum atomic E-state index is 13.5. The number of rotatable bonds is 5. The van der Waals surface area contributed by atoms with Gasteiger partial charge >= 0.3 is 0 Å². The quantitative estimate of drug-likeness (QED) is 0.579. The van der Waals surface area contributed by atoms with E-state index >= 15 is 0 Å². The van der Waals surface area contributed by atoms with E-state index in [0.717, 1.165) is 46.0 Å². The number of hydrogen-bond donors (Lipinski definition) is 1. The minimum absolute atomic E-state index is 0.297. The van der Waals surface area contributed by atoms with Gasteiger partial charge in [-0.15, -0.1) is 11.3 Å². The SMILES string of the molecule is COc1cc(/C=C2\CCCN3C2=NOC3(CO)c2ccc(F)cc2)ccc1-c1nc(C)cs1. The lowest BCUT2D eigenvalue weighted by molar-refractivity contribution is -0.137. The van der Waals surface area contributed by atoms with Gasteiger partial charge in [-0.05, 0) is 73.4 Å². The second-order valence-corrected chi connectivity index (χ2v) is 8.99. The molecule has 1 fully saturated rings. The Morgan fingerprint density at radius 1 is 1.27 bits per heavy atom. The van der Waals surface area contributed by atoms with Crippen LogP contribution in [0.25, 0.3) is 16.6 Å². The fourth-order valence-electron chi connectivity index (χ4n) is 4.36. The van der Waals surface area contributed by atoms with Crippen molar-refractivity contribution in [2.45, 2.75) is 25.5 Å². The summed E-state index contributed by atoms with van der Waals surface area (Å²) in [4.78, 5) is 12.4. The molecular formula is C25H24FN3O3S. The number of piperidine rings is 1. The molecule has 8 heteroatoms. The topological polar surface area (TPSA) is 67.2 Å². The third kappa shape index (κ3) is 3.79. The van der Waals surface area contributed by atoms with Crippen LogP contribution < -0.4 is 4.74 Å². The molecule has 2 aromatic carbocycles. The van der Waals surface area contributed by atoms with Gasteiger partial charge in [-0.25, -0.2) is 9.37 Å². The van der Waals surface area contributed by atoms with Gasteiger partial charge in [0.05, 0.1) is 12.7 Å². The third-order valence-electron chi connectivity index (χ3n) is 6.02. The number of nitrogens with zero attached hydrogens (tertiary/aromatic N) is 3. The maximum absolute atomic E-state index is 13.5. The van der Waals surface area contributed by atoms with Gasteiger partial charge in [0.25, 0.3) is 5.72 Å². The average molecular weight is 466 g/mol. The summed E-state index contributed by atoms with van der Waals surface area (Å²) >= 11 is 1.59. The molecule has 6 nitrogen and oxygen atoms in total. The van der Waals surface area contributed by atoms with E-state index in [-0.39, 0.29) is 12.4 Å². The molecule has 33 heavy (non-hydrogen) atoms. The number of amidine groups is 1. The Kier molecular flexibility index (Phi) is 5.64. The Labute approximate surface area is 195 Å². The lowest BCUT2D eigenvalue weighted by atomic mass is 9.94. The predicted molar refractivity (Wildman–Crippen MR) is 126 cm³/mol. The smallest absolute Gasteiger partial charge is 0.260 e. The third-order valence-corrected chi connectivity index (χ3v) is 7.01. The average Bonchev–Trinajstić information content (AvgIpc) is 3.44. The fraction of sp³-hybridized carbons (Fsp3) is 0.280. The number of oxime groups is 1. The van der Waals surface area contributed by atoms with E-state index in [1.807, 2.05) is 35.4 Å². The van der Waals surface area contributed by atoms with Crippen LogP contribution >= 0.6 is 11.3 Å². The molecule has 2 aliphatic heterocycles. The number of hydrogen-bond acceptors (Lipinski definition) is 7. The van der Waals surface area contributed by atoms with E-state index < -0.39 is 5.72 Å². The van der Waals surface area contributed by atoms with Gasteiger partial charge in [-0.3, -0.25) is 0 Å². The van der Waals surface area contributed by atoms with Crippen molar-refractivity contribution in [1.29, 1.82) is 0 Å². The summed E-state index contributed by atoms with van der Waals surface area (Å²) in [7, 11) is 1.66. The fourth-order valence-corrected chi connectivity index (χ4v) is 5.19. The molecule has 3 aromatic rings. The van der Waals surface area contributed by atoms with E-state index in [1.165, 1.54) is 12.1 Å². The highest BCUT2D eigenvalue weighted by molar-refractivity contribution is 7.13. The lowest BCUT2D eigenvalue weighted by Gasteiger charge is -2.38. The van der Waals surface area contributed by atoms with Gasteiger partial charge in [0.2, 0.25) is 0 Å². The number of aliphatic hydroxyl groups excluding tert-OH is 1. The first kappa shape index (κ1) is 21.6. The molecule has 0 aliphatic carbocycles. The van der Waals surface area contributed by atoms with Crippen LogP contribution in [0.1, 0.15) is 29.7 Å². The highest BCUT2D eigenvalue weighted by atomic mass is 32.1. The monoisotopic (exact) mass is 465 g/mol. The summed E-state index contributed by atoms with van der Waals surface area (Å²) in [6, 6.07) is 12.0. The van der Waals surface area contributed by atoms with Crippen LogP contribution in [-0.2, 0) is 10.6 Å². The first-order chi connectivity index (χ1) is 16.0. The summed E-state index contributed by atoms with van der Waals surface area (Å²) < 4.78 is 19.1. The molecule has 0 amide bonds. The van der Waals surface area contributed by atoms with Crippen molar-refractivity contribution in [2.75, 3.05) is 20.3 Å². The number of aromatic nitrogens is 1. The molecular weight excluding hydrogens is 441 g/mol. The predicted octanol–water partition coefficient (Wildman–Crippen LogP) is 4.93. The number of halogens is 1. The normalized spacial score (nSPS) is 21.0. The lowest BCUT2D eigenvalue weighted by Crippen LogP contribution is -2.51. The van der Waals surface area contributed by atoms with Crippen molar-refractivity contribution >= 4 is 23.2 Å². The van der Waals surface area contributed by atoms with Gasteiger partial charge in [0, 0.05) is 23.2 Å². The standard InChI is InChI=1S/C25H24FN3O3S/c1-16-14-33-24(27-16)21-10-5-17(13-22(21)31-2)12-18-4-3-11-29-23(18)28-32-25(29,15-30)19-6-8-20(26)9-7-19/h5-10,12-14,30H,3-4,11,15H2,1-2H3/b18-12+. The molecule has 1 unspecified atom stereocenters. The Hall–Kier alpha value is -3.23. The van der Waals surface area contributed by atoms with Crippen LogP contribution in [-0.4, -0.2) is 41.1 Å². The van der Waals surface area contributed by atoms with Crippen LogP contribution in [0, 0.1) is 12.7 Å². The van der Waals surface area contributed by atoms with Crippen molar-refractivity contribution in [1.82, 2.24) is 9.88 Å². The maximum Gasteiger partial charge on any atom is 0.260 e. The van der Waals surface area contributed by atoms with Gasteiger partial charge in [-0.2, -0.15) is 0 Å². The highest BCUT2D eigenvalue weighted by Gasteiger charge is 2.49. The van der Waals surface area contributed by atoms with E-state index in [0.29, 0.717) is 17.9 Å². The molecule has 1 atom stereocenters. The van der Waals surface area contributed by atoms with Crippen LogP contribution in [0.4, 0.5) is 4.39 Å². The Morgan fingerprint density at radius 2 is 2.09 bits per heavy atom. The van der Waals surface area contributed by atoms with E-state index in [4.69, 9.17) is 9.57 Å². The second kappa shape index (κ2) is 8.61. The number of methoxy groups -OCH3 is 1. The number of aryl methyl sites for hydroxylation is 1. The van der Waals surface area contributed by atoms with E-state index in [2.05, 4.69) is 16.2 Å². The molecule has 0 bridgehead atoms. The zero-order valence-electron chi connectivity index (χ0n) is 18.4. The molecule has 5 rings (SSSR count). The molecule has 0 radical (unpaired) electrons. The summed E-state index contributed by atoms with van der Waals surface area (Å²) in [5, 5.41) is 17.6. The zero-order chi connectivity index (χ0) is 23.0. The Morgan fingerprint density at radius 3 is 2.79 bits per heavy atom. The van der Waals surface area contributed by atoms with Crippen molar-refractivity contribution < 1.29 is 19.1 Å². The summed E-state index contributed by atoms with van der Waals surface area (Å²) in [6.45, 7) is 2.36. The zero-order valence-corrected chi connectivity index (χ0v) is 19.2. The first-order valence-corrected chi connectivity index (χ1v) is 11.6. The number of aliphatic hydroxyl groups is 1. The van der Waals surface area contributed by atoms with Crippen LogP contribution in [0.5, 0.6) is 5.75 Å². The molecule has 0 saturated carbocycles. The minimum Gasteiger partial charge on any atom is -0.496 e. The summed E-state index contributed by atoms with van der Waals surface area (Å²) in [5.74, 6) is 1.11. The summed E-state index contributed by atoms with van der Waals surface area (Å²) in [5.41, 5.74) is 3.45. The number of thiazole rings is 1.